The molecule has 0 spiro atoms. The molecule has 0 amide bonds. The molecule has 2 heteroatoms. The molecule has 0 saturated heterocycles. The van der Waals surface area contributed by atoms with Crippen molar-refractivity contribution in [1.82, 2.24) is 0 Å². The van der Waals surface area contributed by atoms with E-state index >= 15 is 0 Å². The molecule has 0 atom stereocenters. The normalized spacial score (nSPS) is 13.6. The molecule has 0 saturated carbocycles. The SMILES string of the molecule is CC(C)(C)[Si](C)(C)/C=C(\C=O)c1ccccc1. The summed E-state index contributed by atoms with van der Waals surface area (Å²) < 4.78 is 0. The second kappa shape index (κ2) is 5.01. The van der Waals surface area contributed by atoms with Gasteiger partial charge in [-0.3, -0.25) is 4.79 Å². The molecule has 1 rings (SSSR count). The van der Waals surface area contributed by atoms with Crippen LogP contribution in [0.15, 0.2) is 36.0 Å². The maximum absolute atomic E-state index is 11.3. The third-order valence-electron chi connectivity index (χ3n) is 3.68. The zero-order valence-electron chi connectivity index (χ0n) is 11.4. The van der Waals surface area contributed by atoms with Crippen LogP contribution in [-0.2, 0) is 4.79 Å². The molecule has 1 nitrogen and oxygen atoms in total. The first-order valence-electron chi connectivity index (χ1n) is 6.01. The Bertz CT molecular complexity index is 410. The molecule has 0 radical (unpaired) electrons. The Morgan fingerprint density at radius 2 is 1.65 bits per heavy atom. The second-order valence-electron chi connectivity index (χ2n) is 6.06. The van der Waals surface area contributed by atoms with Crippen molar-refractivity contribution in [2.75, 3.05) is 0 Å². The van der Waals surface area contributed by atoms with Gasteiger partial charge in [0.1, 0.15) is 6.29 Å². The lowest BCUT2D eigenvalue weighted by Crippen LogP contribution is -2.35. The van der Waals surface area contributed by atoms with Crippen LogP contribution in [0, 0.1) is 0 Å². The summed E-state index contributed by atoms with van der Waals surface area (Å²) in [7, 11) is -1.57. The van der Waals surface area contributed by atoms with Crippen molar-refractivity contribution in [2.45, 2.75) is 38.9 Å². The van der Waals surface area contributed by atoms with E-state index in [9.17, 15) is 4.79 Å². The van der Waals surface area contributed by atoms with Gasteiger partial charge in [-0.15, -0.1) is 0 Å². The predicted octanol–water partition coefficient (Wildman–Crippen LogP) is 4.32. The summed E-state index contributed by atoms with van der Waals surface area (Å²) in [6.45, 7) is 11.4. The molecule has 1 aromatic carbocycles. The number of benzene rings is 1. The minimum absolute atomic E-state index is 0.260. The molecular weight excluding hydrogens is 224 g/mol. The van der Waals surface area contributed by atoms with Crippen molar-refractivity contribution in [3.63, 3.8) is 0 Å². The van der Waals surface area contributed by atoms with Crippen molar-refractivity contribution in [1.29, 1.82) is 0 Å². The number of aldehydes is 1. The largest absolute Gasteiger partial charge is 0.298 e. The number of hydrogen-bond acceptors (Lipinski definition) is 1. The summed E-state index contributed by atoms with van der Waals surface area (Å²) in [5.41, 5.74) is 4.07. The van der Waals surface area contributed by atoms with Gasteiger partial charge in [0.25, 0.3) is 0 Å². The maximum Gasteiger partial charge on any atom is 0.149 e. The number of carbonyl (C=O) groups excluding carboxylic acids is 1. The fourth-order valence-corrected chi connectivity index (χ4v) is 2.87. The number of allylic oxidation sites excluding steroid dienone is 1. The second-order valence-corrected chi connectivity index (χ2v) is 11.3. The Balaban J connectivity index is 3.16. The Morgan fingerprint density at radius 1 is 1.12 bits per heavy atom. The van der Waals surface area contributed by atoms with Crippen LogP contribution in [0.3, 0.4) is 0 Å². The van der Waals surface area contributed by atoms with Crippen LogP contribution >= 0.6 is 0 Å². The molecule has 1 aromatic rings. The lowest BCUT2D eigenvalue weighted by atomic mass is 10.1. The van der Waals surface area contributed by atoms with E-state index in [0.717, 1.165) is 17.4 Å². The van der Waals surface area contributed by atoms with Gasteiger partial charge >= 0.3 is 0 Å². The molecule has 0 unspecified atom stereocenters. The zero-order valence-corrected chi connectivity index (χ0v) is 12.4. The van der Waals surface area contributed by atoms with E-state index in [2.05, 4.69) is 39.6 Å². The molecule has 0 aromatic heterocycles. The van der Waals surface area contributed by atoms with E-state index in [1.165, 1.54) is 0 Å². The van der Waals surface area contributed by atoms with E-state index in [4.69, 9.17) is 0 Å². The summed E-state index contributed by atoms with van der Waals surface area (Å²) in [4.78, 5) is 11.3. The van der Waals surface area contributed by atoms with E-state index in [1.807, 2.05) is 30.3 Å². The highest BCUT2D eigenvalue weighted by atomic mass is 28.3. The van der Waals surface area contributed by atoms with Gasteiger partial charge < -0.3 is 0 Å². The van der Waals surface area contributed by atoms with Gasteiger partial charge in [0, 0.05) is 5.57 Å². The third-order valence-corrected chi connectivity index (χ3v) is 8.58. The number of carbonyl (C=O) groups is 1. The summed E-state index contributed by atoms with van der Waals surface area (Å²) >= 11 is 0. The van der Waals surface area contributed by atoms with E-state index in [1.54, 1.807) is 0 Å². The minimum Gasteiger partial charge on any atom is -0.298 e. The van der Waals surface area contributed by atoms with Crippen molar-refractivity contribution < 1.29 is 4.79 Å². The lowest BCUT2D eigenvalue weighted by Gasteiger charge is -2.34. The predicted molar refractivity (Wildman–Crippen MR) is 77.7 cm³/mol. The van der Waals surface area contributed by atoms with E-state index in [0.29, 0.717) is 0 Å². The molecule has 0 bridgehead atoms. The van der Waals surface area contributed by atoms with Gasteiger partial charge in [-0.1, -0.05) is 69.9 Å². The average Bonchev–Trinajstić information content (AvgIpc) is 2.25. The van der Waals surface area contributed by atoms with Gasteiger partial charge in [0.15, 0.2) is 0 Å². The van der Waals surface area contributed by atoms with Crippen LogP contribution in [0.5, 0.6) is 0 Å². The summed E-state index contributed by atoms with van der Waals surface area (Å²) in [5.74, 6) is 0. The number of rotatable bonds is 3. The molecule has 0 aliphatic heterocycles. The quantitative estimate of drug-likeness (QED) is 0.441. The fourth-order valence-electron chi connectivity index (χ4n) is 1.42. The van der Waals surface area contributed by atoms with Gasteiger partial charge in [-0.05, 0) is 10.6 Å². The van der Waals surface area contributed by atoms with Crippen LogP contribution < -0.4 is 0 Å². The zero-order chi connectivity index (χ0) is 13.1. The minimum atomic E-state index is -1.57. The lowest BCUT2D eigenvalue weighted by molar-refractivity contribution is -0.103. The van der Waals surface area contributed by atoms with Crippen molar-refractivity contribution in [3.05, 3.63) is 41.6 Å². The monoisotopic (exact) mass is 246 g/mol. The van der Waals surface area contributed by atoms with Crippen LogP contribution in [0.25, 0.3) is 5.57 Å². The first-order valence-corrected chi connectivity index (χ1v) is 9.09. The van der Waals surface area contributed by atoms with Crippen molar-refractivity contribution in [3.8, 4) is 0 Å². The molecule has 17 heavy (non-hydrogen) atoms. The summed E-state index contributed by atoms with van der Waals surface area (Å²) in [6, 6.07) is 9.90. The van der Waals surface area contributed by atoms with E-state index < -0.39 is 8.07 Å². The van der Waals surface area contributed by atoms with Gasteiger partial charge in [0.05, 0.1) is 8.07 Å². The topological polar surface area (TPSA) is 17.1 Å². The van der Waals surface area contributed by atoms with E-state index in [-0.39, 0.29) is 5.04 Å². The third kappa shape index (κ3) is 3.40. The molecule has 0 heterocycles. The number of hydrogen-bond donors (Lipinski definition) is 0. The summed E-state index contributed by atoms with van der Waals surface area (Å²) in [5, 5.41) is 0.260. The first kappa shape index (κ1) is 13.9. The molecule has 0 N–H and O–H groups in total. The van der Waals surface area contributed by atoms with Crippen LogP contribution in [0.2, 0.25) is 18.1 Å². The first-order chi connectivity index (χ1) is 7.78. The highest BCUT2D eigenvalue weighted by molar-refractivity contribution is 6.85. The van der Waals surface area contributed by atoms with Gasteiger partial charge in [-0.25, -0.2) is 0 Å². The average molecular weight is 246 g/mol. The fraction of sp³-hybridized carbons (Fsp3) is 0.400. The maximum atomic E-state index is 11.3. The van der Waals surface area contributed by atoms with Crippen LogP contribution in [0.1, 0.15) is 26.3 Å². The Morgan fingerprint density at radius 3 is 2.06 bits per heavy atom. The highest BCUT2D eigenvalue weighted by Gasteiger charge is 2.33. The molecule has 0 aliphatic carbocycles. The van der Waals surface area contributed by atoms with Crippen LogP contribution in [0.4, 0.5) is 0 Å². The molecule has 0 aliphatic rings. The van der Waals surface area contributed by atoms with Crippen molar-refractivity contribution >= 4 is 19.9 Å². The Kier molecular flexibility index (Phi) is 4.10. The summed E-state index contributed by atoms with van der Waals surface area (Å²) in [6.07, 6.45) is 0.982. The highest BCUT2D eigenvalue weighted by Crippen LogP contribution is 2.38. The molecule has 0 fully saturated rings. The van der Waals surface area contributed by atoms with Crippen molar-refractivity contribution in [2.24, 2.45) is 0 Å². The van der Waals surface area contributed by atoms with Gasteiger partial charge in [-0.2, -0.15) is 0 Å². The van der Waals surface area contributed by atoms with Crippen LogP contribution in [-0.4, -0.2) is 14.4 Å². The smallest absolute Gasteiger partial charge is 0.149 e. The Labute approximate surface area is 106 Å². The Hall–Kier alpha value is -1.15. The standard InChI is InChI=1S/C15H22OSi/c1-15(2,3)17(4,5)12-14(11-16)13-9-7-6-8-10-13/h6-12H,1-5H3/b14-12+. The van der Waals surface area contributed by atoms with Gasteiger partial charge in [0.2, 0.25) is 0 Å². The molecule has 92 valence electrons. The molecular formula is C15H22OSi.